The molecule has 0 spiro atoms. The first kappa shape index (κ1) is 18.1. The number of fused-ring (bicyclic) bond motifs is 1. The van der Waals surface area contributed by atoms with Crippen LogP contribution in [-0.2, 0) is 10.9 Å². The summed E-state index contributed by atoms with van der Waals surface area (Å²) >= 11 is 5.08. The number of hydrogen-bond donors (Lipinski definition) is 4. The molecule has 4 atom stereocenters. The number of ether oxygens (including phenoxy) is 1. The number of pyridine rings is 1. The van der Waals surface area contributed by atoms with Crippen LogP contribution in [0.3, 0.4) is 0 Å². The van der Waals surface area contributed by atoms with Crippen molar-refractivity contribution in [2.24, 2.45) is 0 Å². The Bertz CT molecular complexity index is 828. The minimum Gasteiger partial charge on any atom is -0.394 e. The summed E-state index contributed by atoms with van der Waals surface area (Å²) in [4.78, 5) is 9.97. The molecule has 136 valence electrons. The number of aryl methyl sites for hydroxylation is 1. The quantitative estimate of drug-likeness (QED) is 0.581. The Kier molecular flexibility index (Phi) is 4.54. The van der Waals surface area contributed by atoms with Gasteiger partial charge in [0.15, 0.2) is 5.82 Å². The Morgan fingerprint density at radius 2 is 1.96 bits per heavy atom. The van der Waals surface area contributed by atoms with Crippen LogP contribution in [0, 0.1) is 11.6 Å². The van der Waals surface area contributed by atoms with E-state index in [1.54, 1.807) is 0 Å². The summed E-state index contributed by atoms with van der Waals surface area (Å²) in [5.74, 6) is -0.154. The Balaban J connectivity index is 2.10. The van der Waals surface area contributed by atoms with Gasteiger partial charge in [0.05, 0.1) is 12.3 Å². The summed E-state index contributed by atoms with van der Waals surface area (Å²) in [7, 11) is 0. The molecular weight excluding hydrogens is 363 g/mol. The molecule has 3 aliphatic heterocycles. The van der Waals surface area contributed by atoms with Crippen LogP contribution in [0.15, 0.2) is 6.07 Å². The molecule has 11 heteroatoms. The first-order chi connectivity index (χ1) is 11.6. The van der Waals surface area contributed by atoms with Crippen molar-refractivity contribution in [3.8, 4) is 11.5 Å². The predicted molar refractivity (Wildman–Crippen MR) is 80.3 cm³/mol. The molecule has 3 heterocycles. The number of rotatable bonds is 2. The number of aliphatic hydroxyl groups excluding tert-OH is 3. The summed E-state index contributed by atoms with van der Waals surface area (Å²) in [6, 6.07) is 1.36. The minimum absolute atomic E-state index is 0.0997. The summed E-state index contributed by atoms with van der Waals surface area (Å²) in [6.07, 6.45) is -9.37. The highest BCUT2D eigenvalue weighted by Crippen LogP contribution is 2.36. The van der Waals surface area contributed by atoms with Gasteiger partial charge in [0.2, 0.25) is 0 Å². The highest BCUT2D eigenvalue weighted by molar-refractivity contribution is 7.71. The van der Waals surface area contributed by atoms with Crippen LogP contribution in [0.25, 0.3) is 11.5 Å². The fraction of sp³-hybridized carbons (Fsp3) is 0.500. The lowest BCUT2D eigenvalue weighted by Gasteiger charge is -2.18. The first-order valence-corrected chi connectivity index (χ1v) is 7.65. The minimum atomic E-state index is -4.61. The fourth-order valence-corrected chi connectivity index (χ4v) is 3.03. The van der Waals surface area contributed by atoms with Crippen molar-refractivity contribution < 1.29 is 33.2 Å². The monoisotopic (exact) mass is 377 g/mol. The molecule has 0 amide bonds. The van der Waals surface area contributed by atoms with Gasteiger partial charge in [0.1, 0.15) is 40.4 Å². The van der Waals surface area contributed by atoms with Crippen molar-refractivity contribution in [1.29, 1.82) is 0 Å². The van der Waals surface area contributed by atoms with Crippen LogP contribution >= 0.6 is 12.2 Å². The van der Waals surface area contributed by atoms with E-state index in [2.05, 4.69) is 15.0 Å². The molecule has 1 fully saturated rings. The third-order valence-corrected chi connectivity index (χ3v) is 4.35. The average Bonchev–Trinajstić information content (AvgIpc) is 2.81. The number of H-pyrrole nitrogens is 1. The molecule has 0 aliphatic carbocycles. The molecule has 1 unspecified atom stereocenters. The molecule has 3 aliphatic rings. The summed E-state index contributed by atoms with van der Waals surface area (Å²) in [6.45, 7) is 0.690. The zero-order valence-electron chi connectivity index (χ0n) is 12.8. The number of nitrogens with one attached hydrogen (secondary N) is 1. The van der Waals surface area contributed by atoms with E-state index in [0.717, 1.165) is 0 Å². The number of hydrogen-bond acceptors (Lipinski definition) is 7. The molecule has 0 saturated carbocycles. The Morgan fingerprint density at radius 1 is 1.28 bits per heavy atom. The van der Waals surface area contributed by atoms with Crippen molar-refractivity contribution >= 4 is 12.2 Å². The highest BCUT2D eigenvalue weighted by atomic mass is 32.1. The van der Waals surface area contributed by atoms with E-state index in [0.29, 0.717) is 0 Å². The normalized spacial score (nSPS) is 27.2. The lowest BCUT2D eigenvalue weighted by atomic mass is 10.0. The predicted octanol–water partition coefficient (Wildman–Crippen LogP) is 1.12. The van der Waals surface area contributed by atoms with Gasteiger partial charge in [0.25, 0.3) is 0 Å². The van der Waals surface area contributed by atoms with Crippen LogP contribution in [0.2, 0.25) is 0 Å². The Hall–Kier alpha value is -1.66. The topological polar surface area (TPSA) is 111 Å². The molecule has 0 aromatic carbocycles. The molecule has 0 radical (unpaired) electrons. The second-order valence-electron chi connectivity index (χ2n) is 5.70. The zero-order valence-corrected chi connectivity index (χ0v) is 13.6. The largest absolute Gasteiger partial charge is 0.433 e. The zero-order chi connectivity index (χ0) is 18.5. The molecule has 0 aromatic heterocycles. The SMILES string of the molecule is Cc1nc2cc([C@@H]3O[C@H](CO)[C@H](O)C3O)c(=S)nc-2[nH]c1C(F)(F)F. The second kappa shape index (κ2) is 6.25. The first-order valence-electron chi connectivity index (χ1n) is 7.24. The number of halogens is 3. The third-order valence-electron chi connectivity index (χ3n) is 4.02. The molecule has 3 rings (SSSR count). The van der Waals surface area contributed by atoms with Crippen molar-refractivity contribution in [2.45, 2.75) is 37.5 Å². The van der Waals surface area contributed by atoms with E-state index in [1.165, 1.54) is 13.0 Å². The Morgan fingerprint density at radius 3 is 2.52 bits per heavy atom. The lowest BCUT2D eigenvalue weighted by Crippen LogP contribution is -2.32. The molecule has 0 aromatic rings. The van der Waals surface area contributed by atoms with Crippen molar-refractivity contribution in [3.05, 3.63) is 27.7 Å². The molecule has 4 N–H and O–H groups in total. The summed E-state index contributed by atoms with van der Waals surface area (Å²) in [5, 5.41) is 29.0. The molecule has 1 saturated heterocycles. The van der Waals surface area contributed by atoms with Gasteiger partial charge in [-0.05, 0) is 13.0 Å². The number of alkyl halides is 3. The number of aliphatic hydroxyl groups is 3. The van der Waals surface area contributed by atoms with E-state index < -0.39 is 42.9 Å². The molecule has 0 bridgehead atoms. The van der Waals surface area contributed by atoms with Gasteiger partial charge in [-0.3, -0.25) is 0 Å². The van der Waals surface area contributed by atoms with Gasteiger partial charge < -0.3 is 25.0 Å². The molecular formula is C14H14F3N3O4S. The van der Waals surface area contributed by atoms with Gasteiger partial charge in [-0.1, -0.05) is 12.2 Å². The van der Waals surface area contributed by atoms with Crippen molar-refractivity contribution in [1.82, 2.24) is 15.0 Å². The van der Waals surface area contributed by atoms with E-state index in [1.807, 2.05) is 0 Å². The maximum Gasteiger partial charge on any atom is 0.433 e. The van der Waals surface area contributed by atoms with Crippen LogP contribution in [0.1, 0.15) is 23.1 Å². The molecule has 7 nitrogen and oxygen atoms in total. The van der Waals surface area contributed by atoms with Crippen LogP contribution in [0.5, 0.6) is 0 Å². The lowest BCUT2D eigenvalue weighted by molar-refractivity contribution is -0.141. The fourth-order valence-electron chi connectivity index (χ4n) is 2.76. The molecule has 25 heavy (non-hydrogen) atoms. The van der Waals surface area contributed by atoms with Gasteiger partial charge in [-0.15, -0.1) is 0 Å². The standard InChI is InChI=1S/C14H14F3N3O4S/c1-4-11(14(15,16)17)19-12-6(18-4)2-5(13(25)20-12)10-9(23)8(22)7(3-21)24-10/h2,7-10,21-23H,3H2,1H3,(H,19,20,25)/t7-,8+,9?,10+/m1/s1. The van der Waals surface area contributed by atoms with E-state index in [-0.39, 0.29) is 27.4 Å². The second-order valence-corrected chi connectivity index (χ2v) is 6.09. The van der Waals surface area contributed by atoms with E-state index in [9.17, 15) is 23.4 Å². The van der Waals surface area contributed by atoms with Gasteiger partial charge >= 0.3 is 6.18 Å². The maximum absolute atomic E-state index is 12.9. The summed E-state index contributed by atoms with van der Waals surface area (Å²) < 4.78 is 44.1. The van der Waals surface area contributed by atoms with Crippen molar-refractivity contribution in [3.63, 3.8) is 0 Å². The van der Waals surface area contributed by atoms with Crippen molar-refractivity contribution in [2.75, 3.05) is 6.61 Å². The van der Waals surface area contributed by atoms with E-state index in [4.69, 9.17) is 22.1 Å². The van der Waals surface area contributed by atoms with Crippen LogP contribution < -0.4 is 0 Å². The van der Waals surface area contributed by atoms with Gasteiger partial charge in [-0.25, -0.2) is 9.97 Å². The maximum atomic E-state index is 12.9. The van der Waals surface area contributed by atoms with Gasteiger partial charge in [-0.2, -0.15) is 13.2 Å². The number of aromatic nitrogens is 3. The highest BCUT2D eigenvalue weighted by Gasteiger charge is 2.44. The van der Waals surface area contributed by atoms with Crippen LogP contribution in [-0.4, -0.2) is 55.2 Å². The third kappa shape index (κ3) is 3.13. The van der Waals surface area contributed by atoms with Gasteiger partial charge in [0, 0.05) is 5.56 Å². The average molecular weight is 377 g/mol. The summed E-state index contributed by atoms with van der Waals surface area (Å²) in [5.41, 5.74) is -0.995. The smallest absolute Gasteiger partial charge is 0.394 e. The number of nitrogens with zero attached hydrogens (tertiary/aromatic N) is 2. The van der Waals surface area contributed by atoms with E-state index >= 15 is 0 Å². The van der Waals surface area contributed by atoms with Crippen LogP contribution in [0.4, 0.5) is 13.2 Å². The Labute approximate surface area is 144 Å². The number of aromatic amines is 1.